The fraction of sp³-hybridized carbons (Fsp3) is 0.200. The summed E-state index contributed by atoms with van der Waals surface area (Å²) in [5.74, 6) is 0.695. The number of fused-ring (bicyclic) bond motifs is 1. The van der Waals surface area contributed by atoms with Gasteiger partial charge in [0.1, 0.15) is 5.75 Å². The van der Waals surface area contributed by atoms with E-state index in [1.165, 1.54) is 0 Å². The topological polar surface area (TPSA) is 42.4 Å². The highest BCUT2D eigenvalue weighted by Crippen LogP contribution is 2.34. The van der Waals surface area contributed by atoms with Crippen LogP contribution in [0.25, 0.3) is 11.3 Å². The van der Waals surface area contributed by atoms with E-state index in [4.69, 9.17) is 4.74 Å². The van der Waals surface area contributed by atoms with Gasteiger partial charge in [0, 0.05) is 18.8 Å². The number of aromatic nitrogens is 1. The van der Waals surface area contributed by atoms with Crippen LogP contribution in [-0.2, 0) is 4.79 Å². The van der Waals surface area contributed by atoms with E-state index in [1.54, 1.807) is 18.1 Å². The summed E-state index contributed by atoms with van der Waals surface area (Å²) in [4.78, 5) is 17.6. The van der Waals surface area contributed by atoms with Crippen LogP contribution < -0.4 is 9.64 Å². The van der Waals surface area contributed by atoms with E-state index in [1.807, 2.05) is 37.3 Å². The van der Waals surface area contributed by atoms with Crippen LogP contribution in [0, 0.1) is 6.92 Å². The minimum atomic E-state index is -0.0400. The molecule has 4 heteroatoms. The first-order valence-corrected chi connectivity index (χ1v) is 6.11. The van der Waals surface area contributed by atoms with Gasteiger partial charge >= 0.3 is 0 Å². The van der Waals surface area contributed by atoms with E-state index >= 15 is 0 Å². The number of aryl methyl sites for hydroxylation is 1. The molecule has 0 unspecified atom stereocenters. The van der Waals surface area contributed by atoms with Crippen molar-refractivity contribution in [2.45, 2.75) is 6.92 Å². The Morgan fingerprint density at radius 3 is 2.89 bits per heavy atom. The van der Waals surface area contributed by atoms with E-state index in [9.17, 15) is 4.79 Å². The predicted octanol–water partition coefficient (Wildman–Crippen LogP) is 2.41. The average molecular weight is 254 g/mol. The normalized spacial score (nSPS) is 14.0. The first-order valence-electron chi connectivity index (χ1n) is 6.11. The van der Waals surface area contributed by atoms with Gasteiger partial charge in [0.25, 0.3) is 5.91 Å². The van der Waals surface area contributed by atoms with Crippen molar-refractivity contribution in [1.29, 1.82) is 0 Å². The number of pyridine rings is 1. The standard InChI is InChI=1S/C15H14N2O2/c1-10-5-6-16-12(7-10)11-3-4-14-13(8-11)17(2)15(18)9-19-14/h3-8H,9H2,1-2H3. The SMILES string of the molecule is Cc1ccnc(-c2ccc3c(c2)N(C)C(=O)CO3)c1. The zero-order chi connectivity index (χ0) is 13.4. The maximum atomic E-state index is 11.6. The fourth-order valence-corrected chi connectivity index (χ4v) is 2.13. The zero-order valence-electron chi connectivity index (χ0n) is 10.9. The molecule has 0 fully saturated rings. The summed E-state index contributed by atoms with van der Waals surface area (Å²) in [5, 5.41) is 0. The second-order valence-electron chi connectivity index (χ2n) is 4.64. The van der Waals surface area contributed by atoms with Gasteiger partial charge in [0.2, 0.25) is 0 Å². The summed E-state index contributed by atoms with van der Waals surface area (Å²) in [6.07, 6.45) is 1.79. The van der Waals surface area contributed by atoms with Crippen molar-refractivity contribution in [3.05, 3.63) is 42.1 Å². The van der Waals surface area contributed by atoms with Crippen molar-refractivity contribution < 1.29 is 9.53 Å². The average Bonchev–Trinajstić information content (AvgIpc) is 2.43. The molecule has 0 radical (unpaired) electrons. The van der Waals surface area contributed by atoms with Crippen molar-refractivity contribution in [3.63, 3.8) is 0 Å². The lowest BCUT2D eigenvalue weighted by molar-refractivity contribution is -0.120. The highest BCUT2D eigenvalue weighted by atomic mass is 16.5. The van der Waals surface area contributed by atoms with Gasteiger partial charge in [-0.3, -0.25) is 9.78 Å². The van der Waals surface area contributed by atoms with Crippen molar-refractivity contribution >= 4 is 11.6 Å². The molecular weight excluding hydrogens is 240 g/mol. The van der Waals surface area contributed by atoms with E-state index in [2.05, 4.69) is 4.98 Å². The number of carbonyl (C=O) groups excluding carboxylic acids is 1. The number of hydrogen-bond donors (Lipinski definition) is 0. The van der Waals surface area contributed by atoms with Crippen LogP contribution >= 0.6 is 0 Å². The molecule has 1 amide bonds. The summed E-state index contributed by atoms with van der Waals surface area (Å²) in [7, 11) is 1.76. The minimum Gasteiger partial charge on any atom is -0.482 e. The maximum Gasteiger partial charge on any atom is 0.264 e. The van der Waals surface area contributed by atoms with Gasteiger partial charge in [0.05, 0.1) is 11.4 Å². The number of amides is 1. The molecule has 1 aliphatic heterocycles. The van der Waals surface area contributed by atoms with Gasteiger partial charge < -0.3 is 9.64 Å². The quantitative estimate of drug-likeness (QED) is 0.784. The number of hydrogen-bond acceptors (Lipinski definition) is 3. The third-order valence-corrected chi connectivity index (χ3v) is 3.26. The van der Waals surface area contributed by atoms with Crippen molar-refractivity contribution in [2.75, 3.05) is 18.6 Å². The summed E-state index contributed by atoms with van der Waals surface area (Å²) in [6.45, 7) is 2.13. The lowest BCUT2D eigenvalue weighted by Crippen LogP contribution is -2.35. The highest BCUT2D eigenvalue weighted by Gasteiger charge is 2.22. The number of rotatable bonds is 1. The molecule has 3 rings (SSSR count). The lowest BCUT2D eigenvalue weighted by Gasteiger charge is -2.26. The summed E-state index contributed by atoms with van der Waals surface area (Å²) in [5.41, 5.74) is 3.82. The van der Waals surface area contributed by atoms with E-state index in [-0.39, 0.29) is 12.5 Å². The smallest absolute Gasteiger partial charge is 0.264 e. The van der Waals surface area contributed by atoms with E-state index in [0.717, 1.165) is 28.3 Å². The lowest BCUT2D eigenvalue weighted by atomic mass is 10.1. The van der Waals surface area contributed by atoms with Crippen LogP contribution in [0.1, 0.15) is 5.56 Å². The van der Waals surface area contributed by atoms with Gasteiger partial charge in [-0.25, -0.2) is 0 Å². The first kappa shape index (κ1) is 11.7. The minimum absolute atomic E-state index is 0.0400. The second kappa shape index (κ2) is 4.39. The van der Waals surface area contributed by atoms with Crippen LogP contribution in [0.15, 0.2) is 36.5 Å². The molecule has 0 spiro atoms. The van der Waals surface area contributed by atoms with Crippen LogP contribution in [0.5, 0.6) is 5.75 Å². The van der Waals surface area contributed by atoms with Crippen LogP contribution in [-0.4, -0.2) is 24.5 Å². The largest absolute Gasteiger partial charge is 0.482 e. The van der Waals surface area contributed by atoms with Gasteiger partial charge in [0.15, 0.2) is 6.61 Å². The first-order chi connectivity index (χ1) is 9.15. The Morgan fingerprint density at radius 1 is 1.26 bits per heavy atom. The highest BCUT2D eigenvalue weighted by molar-refractivity contribution is 5.98. The number of anilines is 1. The third-order valence-electron chi connectivity index (χ3n) is 3.26. The molecule has 0 atom stereocenters. The van der Waals surface area contributed by atoms with Crippen LogP contribution in [0.3, 0.4) is 0 Å². The zero-order valence-corrected chi connectivity index (χ0v) is 10.9. The van der Waals surface area contributed by atoms with Crippen LogP contribution in [0.4, 0.5) is 5.69 Å². The molecule has 0 bridgehead atoms. The van der Waals surface area contributed by atoms with Crippen molar-refractivity contribution in [2.24, 2.45) is 0 Å². The van der Waals surface area contributed by atoms with E-state index < -0.39 is 0 Å². The molecule has 4 nitrogen and oxygen atoms in total. The molecule has 1 aromatic carbocycles. The molecule has 2 aromatic rings. The van der Waals surface area contributed by atoms with Gasteiger partial charge in [-0.05, 0) is 42.8 Å². The maximum absolute atomic E-state index is 11.6. The Balaban J connectivity index is 2.08. The molecule has 19 heavy (non-hydrogen) atoms. The van der Waals surface area contributed by atoms with E-state index in [0.29, 0.717) is 0 Å². The molecule has 0 aliphatic carbocycles. The number of likely N-dealkylation sites (N-methyl/N-ethyl adjacent to an activating group) is 1. The van der Waals surface area contributed by atoms with Crippen molar-refractivity contribution in [3.8, 4) is 17.0 Å². The molecule has 0 N–H and O–H groups in total. The molecule has 2 heterocycles. The molecule has 96 valence electrons. The molecule has 1 aromatic heterocycles. The third kappa shape index (κ3) is 2.05. The Kier molecular flexibility index (Phi) is 2.71. The Hall–Kier alpha value is -2.36. The van der Waals surface area contributed by atoms with Crippen molar-refractivity contribution in [1.82, 2.24) is 4.98 Å². The Labute approximate surface area is 111 Å². The predicted molar refractivity (Wildman–Crippen MR) is 73.3 cm³/mol. The van der Waals surface area contributed by atoms with Gasteiger partial charge in [-0.2, -0.15) is 0 Å². The summed E-state index contributed by atoms with van der Waals surface area (Å²) < 4.78 is 5.41. The molecule has 0 saturated carbocycles. The molecule has 0 saturated heterocycles. The number of carbonyl (C=O) groups is 1. The van der Waals surface area contributed by atoms with Gasteiger partial charge in [-0.15, -0.1) is 0 Å². The monoisotopic (exact) mass is 254 g/mol. The molecule has 1 aliphatic rings. The Morgan fingerprint density at radius 2 is 2.11 bits per heavy atom. The number of ether oxygens (including phenoxy) is 1. The Bertz CT molecular complexity index is 652. The van der Waals surface area contributed by atoms with Gasteiger partial charge in [-0.1, -0.05) is 0 Å². The number of nitrogens with zero attached hydrogens (tertiary/aromatic N) is 2. The summed E-state index contributed by atoms with van der Waals surface area (Å²) >= 11 is 0. The van der Waals surface area contributed by atoms with Crippen LogP contribution in [0.2, 0.25) is 0 Å². The second-order valence-corrected chi connectivity index (χ2v) is 4.64. The summed E-state index contributed by atoms with van der Waals surface area (Å²) in [6, 6.07) is 9.77. The number of benzene rings is 1. The molecular formula is C15H14N2O2. The fourth-order valence-electron chi connectivity index (χ4n) is 2.13.